The van der Waals surface area contributed by atoms with Crippen molar-refractivity contribution in [2.45, 2.75) is 27.3 Å². The highest BCUT2D eigenvalue weighted by molar-refractivity contribution is 5.96. The van der Waals surface area contributed by atoms with Crippen LogP contribution in [0.1, 0.15) is 34.1 Å². The second-order valence-electron chi connectivity index (χ2n) is 7.09. The molecule has 0 spiro atoms. The van der Waals surface area contributed by atoms with Gasteiger partial charge in [-0.25, -0.2) is 9.18 Å². The third-order valence-corrected chi connectivity index (χ3v) is 5.19. The zero-order chi connectivity index (χ0) is 21.8. The van der Waals surface area contributed by atoms with Crippen molar-refractivity contribution in [2.24, 2.45) is 0 Å². The number of esters is 1. The van der Waals surface area contributed by atoms with Gasteiger partial charge < -0.3 is 19.4 Å². The summed E-state index contributed by atoms with van der Waals surface area (Å²) < 4.78 is 24.0. The number of amides is 1. The third kappa shape index (κ3) is 4.45. The number of rotatable bonds is 7. The van der Waals surface area contributed by atoms with Gasteiger partial charge in [-0.3, -0.25) is 4.79 Å². The van der Waals surface area contributed by atoms with Gasteiger partial charge in [0.1, 0.15) is 0 Å². The van der Waals surface area contributed by atoms with E-state index in [4.69, 9.17) is 9.47 Å². The zero-order valence-corrected chi connectivity index (χ0v) is 17.5. The van der Waals surface area contributed by atoms with Gasteiger partial charge in [0.15, 0.2) is 18.2 Å². The van der Waals surface area contributed by atoms with Crippen molar-refractivity contribution in [3.05, 3.63) is 64.6 Å². The predicted octanol–water partition coefficient (Wildman–Crippen LogP) is 4.14. The van der Waals surface area contributed by atoms with Crippen LogP contribution in [0.5, 0.6) is 5.75 Å². The van der Waals surface area contributed by atoms with Crippen molar-refractivity contribution in [1.82, 2.24) is 9.88 Å². The molecular formula is C23H25FN2O4. The van der Waals surface area contributed by atoms with Crippen LogP contribution in [0.25, 0.3) is 10.9 Å². The Hall–Kier alpha value is -3.35. The maximum Gasteiger partial charge on any atom is 0.338 e. The summed E-state index contributed by atoms with van der Waals surface area (Å²) in [5.74, 6) is -1.26. The van der Waals surface area contributed by atoms with Gasteiger partial charge in [0, 0.05) is 29.7 Å². The predicted molar refractivity (Wildman–Crippen MR) is 112 cm³/mol. The van der Waals surface area contributed by atoms with E-state index in [0.29, 0.717) is 17.7 Å². The third-order valence-electron chi connectivity index (χ3n) is 5.19. The molecular weight excluding hydrogens is 387 g/mol. The second kappa shape index (κ2) is 8.98. The molecule has 0 bridgehead atoms. The maximum atomic E-state index is 13.9. The van der Waals surface area contributed by atoms with Crippen LogP contribution < -0.4 is 4.74 Å². The molecule has 6 nitrogen and oxygen atoms in total. The number of halogens is 1. The molecule has 0 aliphatic rings. The number of methoxy groups -OCH3 is 1. The molecule has 0 atom stereocenters. The van der Waals surface area contributed by atoms with Crippen molar-refractivity contribution < 1.29 is 23.5 Å². The number of nitrogens with one attached hydrogen (secondary N) is 1. The fourth-order valence-corrected chi connectivity index (χ4v) is 3.30. The molecule has 0 radical (unpaired) electrons. The normalized spacial score (nSPS) is 10.8. The molecule has 0 fully saturated rings. The number of carbonyl (C=O) groups is 2. The Bertz CT molecular complexity index is 1090. The maximum absolute atomic E-state index is 13.9. The number of hydrogen-bond acceptors (Lipinski definition) is 4. The lowest BCUT2D eigenvalue weighted by molar-refractivity contribution is -0.134. The number of carbonyl (C=O) groups excluding carboxylic acids is 2. The molecule has 1 heterocycles. The lowest BCUT2D eigenvalue weighted by atomic mass is 10.1. The highest BCUT2D eigenvalue weighted by Gasteiger charge is 2.17. The average molecular weight is 412 g/mol. The molecule has 158 valence electrons. The number of hydrogen-bond donors (Lipinski definition) is 1. The molecule has 1 amide bonds. The van der Waals surface area contributed by atoms with E-state index in [-0.39, 0.29) is 24.8 Å². The van der Waals surface area contributed by atoms with Crippen LogP contribution in [0.4, 0.5) is 4.39 Å². The molecule has 7 heteroatoms. The van der Waals surface area contributed by atoms with Crippen molar-refractivity contribution in [2.75, 3.05) is 20.3 Å². The Labute approximate surface area is 174 Å². The van der Waals surface area contributed by atoms with E-state index in [1.54, 1.807) is 18.2 Å². The first-order valence-corrected chi connectivity index (χ1v) is 9.70. The zero-order valence-electron chi connectivity index (χ0n) is 17.5. The van der Waals surface area contributed by atoms with Crippen LogP contribution >= 0.6 is 0 Å². The molecule has 0 saturated heterocycles. The first kappa shape index (κ1) is 21.4. The minimum Gasteiger partial charge on any atom is -0.494 e. The fraction of sp³-hybridized carbons (Fsp3) is 0.304. The lowest BCUT2D eigenvalue weighted by Crippen LogP contribution is -2.34. The molecule has 3 aromatic rings. The molecule has 3 rings (SSSR count). The highest BCUT2D eigenvalue weighted by Crippen LogP contribution is 2.23. The van der Waals surface area contributed by atoms with E-state index in [0.717, 1.165) is 22.2 Å². The quantitative estimate of drug-likeness (QED) is 0.592. The van der Waals surface area contributed by atoms with E-state index in [9.17, 15) is 14.0 Å². The number of likely N-dealkylation sites (N-methyl/N-ethyl adjacent to an activating group) is 1. The smallest absolute Gasteiger partial charge is 0.338 e. The van der Waals surface area contributed by atoms with Crippen molar-refractivity contribution in [3.63, 3.8) is 0 Å². The number of ether oxygens (including phenoxy) is 2. The highest BCUT2D eigenvalue weighted by atomic mass is 19.1. The molecule has 0 unspecified atom stereocenters. The largest absolute Gasteiger partial charge is 0.494 e. The van der Waals surface area contributed by atoms with Crippen molar-refractivity contribution in [1.29, 1.82) is 0 Å². The van der Waals surface area contributed by atoms with Gasteiger partial charge in [-0.1, -0.05) is 6.07 Å². The van der Waals surface area contributed by atoms with E-state index < -0.39 is 11.8 Å². The summed E-state index contributed by atoms with van der Waals surface area (Å²) in [6.07, 6.45) is 0. The Morgan fingerprint density at radius 2 is 1.90 bits per heavy atom. The minimum absolute atomic E-state index is 0.145. The molecule has 0 saturated carbocycles. The van der Waals surface area contributed by atoms with E-state index >= 15 is 0 Å². The number of aryl methyl sites for hydroxylation is 2. The summed E-state index contributed by atoms with van der Waals surface area (Å²) in [4.78, 5) is 29.7. The number of benzene rings is 2. The van der Waals surface area contributed by atoms with Gasteiger partial charge in [-0.2, -0.15) is 0 Å². The van der Waals surface area contributed by atoms with Crippen LogP contribution in [-0.2, 0) is 16.1 Å². The topological polar surface area (TPSA) is 71.6 Å². The number of nitrogens with zero attached hydrogens (tertiary/aromatic N) is 1. The van der Waals surface area contributed by atoms with Crippen molar-refractivity contribution in [3.8, 4) is 5.75 Å². The van der Waals surface area contributed by atoms with Gasteiger partial charge in [-0.05, 0) is 62.2 Å². The standard InChI is InChI=1S/C23H25FN2O4/c1-5-26(12-16-6-9-21(29-4)19(24)10-16)22(27)13-30-23(28)17-7-8-20-18(11-17)14(2)15(3)25-20/h6-11,25H,5,12-13H2,1-4H3. The van der Waals surface area contributed by atoms with Gasteiger partial charge in [-0.15, -0.1) is 0 Å². The molecule has 0 aliphatic heterocycles. The summed E-state index contributed by atoms with van der Waals surface area (Å²) in [6.45, 7) is 5.99. The van der Waals surface area contributed by atoms with Gasteiger partial charge in [0.05, 0.1) is 12.7 Å². The molecule has 2 aromatic carbocycles. The van der Waals surface area contributed by atoms with Gasteiger partial charge >= 0.3 is 5.97 Å². The van der Waals surface area contributed by atoms with E-state index in [1.165, 1.54) is 24.1 Å². The fourth-order valence-electron chi connectivity index (χ4n) is 3.30. The first-order valence-electron chi connectivity index (χ1n) is 9.70. The Morgan fingerprint density at radius 3 is 2.57 bits per heavy atom. The monoisotopic (exact) mass is 412 g/mol. The van der Waals surface area contributed by atoms with Gasteiger partial charge in [0.25, 0.3) is 5.91 Å². The summed E-state index contributed by atoms with van der Waals surface area (Å²) in [6, 6.07) is 9.80. The summed E-state index contributed by atoms with van der Waals surface area (Å²) >= 11 is 0. The van der Waals surface area contributed by atoms with Crippen LogP contribution in [0.3, 0.4) is 0 Å². The second-order valence-corrected chi connectivity index (χ2v) is 7.09. The summed E-state index contributed by atoms with van der Waals surface area (Å²) in [5.41, 5.74) is 4.07. The molecule has 0 aliphatic carbocycles. The first-order chi connectivity index (χ1) is 14.3. The van der Waals surface area contributed by atoms with Crippen LogP contribution in [0.15, 0.2) is 36.4 Å². The Balaban J connectivity index is 1.63. The number of aromatic nitrogens is 1. The van der Waals surface area contributed by atoms with Crippen LogP contribution in [0.2, 0.25) is 0 Å². The van der Waals surface area contributed by atoms with E-state index in [1.807, 2.05) is 26.8 Å². The van der Waals surface area contributed by atoms with Gasteiger partial charge in [0.2, 0.25) is 0 Å². The SMILES string of the molecule is CCN(Cc1ccc(OC)c(F)c1)C(=O)COC(=O)c1ccc2[nH]c(C)c(C)c2c1. The lowest BCUT2D eigenvalue weighted by Gasteiger charge is -2.21. The Morgan fingerprint density at radius 1 is 1.13 bits per heavy atom. The molecule has 1 N–H and O–H groups in total. The average Bonchev–Trinajstić information content (AvgIpc) is 3.03. The van der Waals surface area contributed by atoms with Crippen LogP contribution in [0, 0.1) is 19.7 Å². The number of aromatic amines is 1. The van der Waals surface area contributed by atoms with Crippen molar-refractivity contribution >= 4 is 22.8 Å². The van der Waals surface area contributed by atoms with Crippen LogP contribution in [-0.4, -0.2) is 42.0 Å². The van der Waals surface area contributed by atoms with E-state index in [2.05, 4.69) is 4.98 Å². The summed E-state index contributed by atoms with van der Waals surface area (Å²) in [5, 5.41) is 0.949. The molecule has 30 heavy (non-hydrogen) atoms. The molecule has 1 aromatic heterocycles. The number of H-pyrrole nitrogens is 1. The minimum atomic E-state index is -0.560. The Kier molecular flexibility index (Phi) is 6.40. The summed E-state index contributed by atoms with van der Waals surface area (Å²) in [7, 11) is 1.39. The number of fused-ring (bicyclic) bond motifs is 1.